The van der Waals surface area contributed by atoms with Gasteiger partial charge >= 0.3 is 77.1 Å². The summed E-state index contributed by atoms with van der Waals surface area (Å²) in [5.41, 5.74) is 0. The molecule has 6 heteroatoms. The van der Waals surface area contributed by atoms with Crippen LogP contribution in [0.15, 0.2) is 0 Å². The van der Waals surface area contributed by atoms with Crippen molar-refractivity contribution in [2.45, 2.75) is 0 Å². The predicted octanol–water partition coefficient (Wildman–Crippen LogP) is 1.14. The van der Waals surface area contributed by atoms with Crippen LogP contribution >= 0.6 is 0 Å². The first-order valence-corrected chi connectivity index (χ1v) is 5.08. The molecule has 0 aliphatic carbocycles. The fourth-order valence-electron chi connectivity index (χ4n) is 0. The van der Waals surface area contributed by atoms with Gasteiger partial charge in [0.2, 0.25) is 0 Å². The van der Waals surface area contributed by atoms with E-state index in [9.17, 15) is 3.04 Å². The zero-order chi connectivity index (χ0) is 5.58. The molecule has 0 aliphatic rings. The van der Waals surface area contributed by atoms with Crippen LogP contribution in [0.5, 0.6) is 0 Å². The van der Waals surface area contributed by atoms with E-state index in [1.165, 1.54) is 35.5 Å². The van der Waals surface area contributed by atoms with E-state index in [4.69, 9.17) is 1.49 Å². The molecule has 0 amide bonds. The van der Waals surface area contributed by atoms with Crippen LogP contribution in [0, 0.1) is 72.6 Å². The summed E-state index contributed by atoms with van der Waals surface area (Å²) in [6.45, 7) is 0. The van der Waals surface area contributed by atoms with Crippen molar-refractivity contribution in [2.75, 3.05) is 0 Å². The van der Waals surface area contributed by atoms with E-state index < -0.39 is 37.1 Å². The summed E-state index contributed by atoms with van der Waals surface area (Å²) in [6.07, 6.45) is 0. The van der Waals surface area contributed by atoms with E-state index >= 15 is 0 Å². The Balaban J connectivity index is 0. The van der Waals surface area contributed by atoms with E-state index in [1.807, 2.05) is 0 Å². The molecular formula is ErF3NdO. The van der Waals surface area contributed by atoms with Crippen molar-refractivity contribution in [3.05, 3.63) is 0 Å². The quantitative estimate of drug-likeness (QED) is 0.612. The summed E-state index contributed by atoms with van der Waals surface area (Å²) in [7, 11) is 0. The predicted molar refractivity (Wildman–Crippen MR) is 4.01 cm³/mol. The Morgan fingerprint density at radius 2 is 1.17 bits per heavy atom. The zero-order valence-electron chi connectivity index (χ0n) is 2.33. The van der Waals surface area contributed by atoms with Crippen molar-refractivity contribution in [1.29, 1.82) is 0 Å². The molecule has 0 aliphatic heterocycles. The van der Waals surface area contributed by atoms with Crippen LogP contribution in [-0.2, 0) is 1.49 Å². The molecule has 6 heavy (non-hydrogen) atoms. The molecular weight excluding hydrogens is 384 g/mol. The van der Waals surface area contributed by atoms with E-state index in [1.54, 1.807) is 0 Å². The first-order valence-electron chi connectivity index (χ1n) is 0.685. The third-order valence-electron chi connectivity index (χ3n) is 0. The summed E-state index contributed by atoms with van der Waals surface area (Å²) in [5.74, 6) is 0. The van der Waals surface area contributed by atoms with Gasteiger partial charge in [0.1, 0.15) is 0 Å². The average Bonchev–Trinajstić information content (AvgIpc) is 1.41. The molecule has 0 saturated carbocycles. The normalized spacial score (nSPS) is 5.50. The van der Waals surface area contributed by atoms with Gasteiger partial charge in [0.15, 0.2) is 0 Å². The second-order valence-corrected chi connectivity index (χ2v) is 1.59. The molecule has 0 bridgehead atoms. The van der Waals surface area contributed by atoms with Crippen molar-refractivity contribution in [3.63, 3.8) is 0 Å². The van der Waals surface area contributed by atoms with Gasteiger partial charge in [-0.05, 0) is 0 Å². The van der Waals surface area contributed by atoms with Gasteiger partial charge in [-0.3, -0.25) is 0 Å². The molecule has 0 saturated heterocycles. The molecule has 0 aromatic heterocycles. The van der Waals surface area contributed by atoms with Crippen molar-refractivity contribution >= 4 is 0 Å². The fourth-order valence-corrected chi connectivity index (χ4v) is 0. The molecule has 1 nitrogen and oxygen atoms in total. The van der Waals surface area contributed by atoms with Crippen molar-refractivity contribution in [3.8, 4) is 0 Å². The van der Waals surface area contributed by atoms with Crippen molar-refractivity contribution in [2.24, 2.45) is 0 Å². The Bertz CT molecular complexity index is 22.0. The summed E-state index contributed by atoms with van der Waals surface area (Å²) in [4.78, 5) is 0. The number of halogens is 3. The molecule has 0 N–H and O–H groups in total. The summed E-state index contributed by atoms with van der Waals surface area (Å²) in [6, 6.07) is 0. The Labute approximate surface area is 75.1 Å². The third kappa shape index (κ3) is 34.8. The monoisotopic (exact) mass is 381 g/mol. The van der Waals surface area contributed by atoms with Gasteiger partial charge < -0.3 is 0 Å². The van der Waals surface area contributed by atoms with Crippen LogP contribution in [-0.4, -0.2) is 0 Å². The van der Waals surface area contributed by atoms with Gasteiger partial charge in [-0.1, -0.05) is 0 Å². The van der Waals surface area contributed by atoms with Gasteiger partial charge in [0, 0.05) is 0 Å². The molecule has 0 rings (SSSR count). The third-order valence-corrected chi connectivity index (χ3v) is 0. The maximum atomic E-state index is 9.88. The van der Waals surface area contributed by atoms with Crippen molar-refractivity contribution in [1.82, 2.24) is 0 Å². The van der Waals surface area contributed by atoms with Gasteiger partial charge in [-0.2, -0.15) is 0 Å². The molecule has 0 aromatic rings. The van der Waals surface area contributed by atoms with Crippen LogP contribution < -0.4 is 0 Å². The minimum absolute atomic E-state index is 1.17. The second-order valence-electron chi connectivity index (χ2n) is 0.214. The summed E-state index contributed by atoms with van der Waals surface area (Å²) < 4.78 is 37.8. The molecule has 0 spiro atoms. The topological polar surface area (TPSA) is 17.1 Å². The van der Waals surface area contributed by atoms with Crippen LogP contribution in [0.3, 0.4) is 0 Å². The minimum atomic E-state index is -5.16. The van der Waals surface area contributed by atoms with Crippen LogP contribution in [0.25, 0.3) is 0 Å². The molecule has 0 atom stereocenters. The molecule has 0 unspecified atom stereocenters. The Morgan fingerprint density at radius 1 is 1.17 bits per heavy atom. The Hall–Kier alpha value is 2.19. The van der Waals surface area contributed by atoms with Gasteiger partial charge in [0.25, 0.3) is 0 Å². The van der Waals surface area contributed by atoms with Crippen LogP contribution in [0.4, 0.5) is 3.04 Å². The van der Waals surface area contributed by atoms with Crippen LogP contribution in [0.1, 0.15) is 0 Å². The van der Waals surface area contributed by atoms with E-state index in [2.05, 4.69) is 0 Å². The van der Waals surface area contributed by atoms with E-state index in [-0.39, 0.29) is 0 Å². The first kappa shape index (κ1) is 11.0. The molecule has 0 aromatic carbocycles. The fraction of sp³-hybridized carbons (Fsp3) is 0. The summed E-state index contributed by atoms with van der Waals surface area (Å²) >= 11 is -3.99. The number of hydrogen-bond donors (Lipinski definition) is 0. The van der Waals surface area contributed by atoms with E-state index in [0.29, 0.717) is 0 Å². The first-order chi connectivity index (χ1) is 2.73. The van der Waals surface area contributed by atoms with Gasteiger partial charge in [0.05, 0.1) is 0 Å². The number of hydrogen-bond acceptors (Lipinski definition) is 1. The maximum absolute atomic E-state index is 9.88. The number of rotatable bonds is 0. The Kier molecular flexibility index (Phi) is 18.8. The standard InChI is InChI=1S/Er.3FH.Nd.O/h;3*1H;;/q;;;;+3;/p-3. The van der Waals surface area contributed by atoms with Gasteiger partial charge in [-0.15, -0.1) is 0 Å². The van der Waals surface area contributed by atoms with Crippen LogP contribution in [0.2, 0.25) is 0 Å². The second kappa shape index (κ2) is 10.2. The molecule has 43 valence electrons. The van der Waals surface area contributed by atoms with E-state index in [0.717, 1.165) is 0 Å². The van der Waals surface area contributed by atoms with Gasteiger partial charge in [-0.25, -0.2) is 0 Å². The Morgan fingerprint density at radius 3 is 1.17 bits per heavy atom. The SMILES string of the molecule is [F][Nd]([F])[F].[O]=[Er]. The molecule has 0 heterocycles. The molecule has 0 fully saturated rings. The average molecular weight is 384 g/mol. The molecule has 0 radical (unpaired) electrons. The summed E-state index contributed by atoms with van der Waals surface area (Å²) in [5, 5.41) is 0. The zero-order valence-corrected chi connectivity index (χ0v) is 7.39. The van der Waals surface area contributed by atoms with Crippen molar-refractivity contribution < 1.29 is 77.1 Å².